The fourth-order valence-corrected chi connectivity index (χ4v) is 1.91. The van der Waals surface area contributed by atoms with Crippen LogP contribution in [0.2, 0.25) is 0 Å². The van der Waals surface area contributed by atoms with E-state index in [0.717, 1.165) is 17.0 Å². The largest absolute Gasteiger partial charge is 0.491 e. The topological polar surface area (TPSA) is 60.2 Å². The molecule has 2 rings (SSSR count). The Bertz CT molecular complexity index is 497. The Hall–Kier alpha value is -1.91. The fourth-order valence-electron chi connectivity index (χ4n) is 1.91. The second kappa shape index (κ2) is 6.31. The molecule has 1 aromatic heterocycles. The summed E-state index contributed by atoms with van der Waals surface area (Å²) < 4.78 is 5.62. The molecular formula is C15H19N3O. The lowest BCUT2D eigenvalue weighted by molar-refractivity contribution is 0.242. The van der Waals surface area contributed by atoms with Crippen LogP contribution in [-0.4, -0.2) is 11.1 Å². The molecule has 0 saturated heterocycles. The summed E-state index contributed by atoms with van der Waals surface area (Å²) in [4.78, 5) is 4.32. The first-order valence-corrected chi connectivity index (χ1v) is 6.34. The predicted molar refractivity (Wildman–Crippen MR) is 75.6 cm³/mol. The first-order valence-electron chi connectivity index (χ1n) is 6.34. The van der Waals surface area contributed by atoms with Crippen molar-refractivity contribution in [1.29, 1.82) is 0 Å². The molecule has 1 aromatic carbocycles. The standard InChI is InChI=1S/C15H19N3O/c1-11(2)19-13-8-6-12(7-9-13)15(18-16)14-5-3-4-10-17-14/h3-11,15,18H,16H2,1-2H3. The van der Waals surface area contributed by atoms with Crippen LogP contribution in [-0.2, 0) is 0 Å². The van der Waals surface area contributed by atoms with Gasteiger partial charge in [0.1, 0.15) is 5.75 Å². The Kier molecular flexibility index (Phi) is 4.49. The summed E-state index contributed by atoms with van der Waals surface area (Å²) in [5, 5.41) is 0. The van der Waals surface area contributed by atoms with Crippen LogP contribution in [0.25, 0.3) is 0 Å². The van der Waals surface area contributed by atoms with Crippen molar-refractivity contribution in [3.05, 3.63) is 59.9 Å². The Balaban J connectivity index is 2.20. The van der Waals surface area contributed by atoms with Gasteiger partial charge in [-0.05, 0) is 43.7 Å². The zero-order valence-electron chi connectivity index (χ0n) is 11.2. The highest BCUT2D eigenvalue weighted by Crippen LogP contribution is 2.22. The van der Waals surface area contributed by atoms with E-state index >= 15 is 0 Å². The lowest BCUT2D eigenvalue weighted by atomic mass is 10.0. The third-order valence-electron chi connectivity index (χ3n) is 2.74. The van der Waals surface area contributed by atoms with E-state index < -0.39 is 0 Å². The van der Waals surface area contributed by atoms with E-state index in [2.05, 4.69) is 10.4 Å². The summed E-state index contributed by atoms with van der Waals surface area (Å²) in [6.45, 7) is 4.01. The quantitative estimate of drug-likeness (QED) is 0.638. The number of benzene rings is 1. The van der Waals surface area contributed by atoms with Gasteiger partial charge >= 0.3 is 0 Å². The van der Waals surface area contributed by atoms with E-state index in [-0.39, 0.29) is 12.1 Å². The molecule has 1 unspecified atom stereocenters. The van der Waals surface area contributed by atoms with Crippen molar-refractivity contribution in [2.45, 2.75) is 26.0 Å². The highest BCUT2D eigenvalue weighted by atomic mass is 16.5. The third kappa shape index (κ3) is 3.53. The molecule has 2 aromatic rings. The van der Waals surface area contributed by atoms with Gasteiger partial charge in [0, 0.05) is 6.20 Å². The molecule has 0 aliphatic carbocycles. The highest BCUT2D eigenvalue weighted by molar-refractivity contribution is 5.33. The van der Waals surface area contributed by atoms with Gasteiger partial charge in [-0.1, -0.05) is 18.2 Å². The average Bonchev–Trinajstić information content (AvgIpc) is 2.42. The van der Waals surface area contributed by atoms with E-state index in [0.29, 0.717) is 0 Å². The van der Waals surface area contributed by atoms with Crippen molar-refractivity contribution in [2.24, 2.45) is 5.84 Å². The molecule has 4 heteroatoms. The number of hydrogen-bond donors (Lipinski definition) is 2. The minimum Gasteiger partial charge on any atom is -0.491 e. The molecule has 0 bridgehead atoms. The van der Waals surface area contributed by atoms with Crippen LogP contribution in [0.3, 0.4) is 0 Å². The number of nitrogens with zero attached hydrogens (tertiary/aromatic N) is 1. The maximum Gasteiger partial charge on any atom is 0.119 e. The summed E-state index contributed by atoms with van der Waals surface area (Å²) in [6.07, 6.45) is 1.93. The van der Waals surface area contributed by atoms with Crippen LogP contribution < -0.4 is 16.0 Å². The molecule has 100 valence electrons. The zero-order chi connectivity index (χ0) is 13.7. The number of ether oxygens (including phenoxy) is 1. The number of rotatable bonds is 5. The predicted octanol–water partition coefficient (Wildman–Crippen LogP) is 2.42. The molecule has 1 heterocycles. The van der Waals surface area contributed by atoms with E-state index in [1.807, 2.05) is 56.3 Å². The van der Waals surface area contributed by atoms with Crippen molar-refractivity contribution in [1.82, 2.24) is 10.4 Å². The summed E-state index contributed by atoms with van der Waals surface area (Å²) in [7, 11) is 0. The fraction of sp³-hybridized carbons (Fsp3) is 0.267. The third-order valence-corrected chi connectivity index (χ3v) is 2.74. The van der Waals surface area contributed by atoms with Gasteiger partial charge in [0.15, 0.2) is 0 Å². The van der Waals surface area contributed by atoms with Gasteiger partial charge in [0.05, 0.1) is 17.8 Å². The van der Waals surface area contributed by atoms with Crippen LogP contribution >= 0.6 is 0 Å². The van der Waals surface area contributed by atoms with Crippen LogP contribution in [0.4, 0.5) is 0 Å². The smallest absolute Gasteiger partial charge is 0.119 e. The average molecular weight is 257 g/mol. The maximum absolute atomic E-state index is 5.63. The second-order valence-corrected chi connectivity index (χ2v) is 4.59. The summed E-state index contributed by atoms with van der Waals surface area (Å²) in [6, 6.07) is 13.6. The van der Waals surface area contributed by atoms with E-state index in [4.69, 9.17) is 10.6 Å². The van der Waals surface area contributed by atoms with Gasteiger partial charge in [0.25, 0.3) is 0 Å². The molecule has 0 amide bonds. The Morgan fingerprint density at radius 1 is 1.11 bits per heavy atom. The number of hydrogen-bond acceptors (Lipinski definition) is 4. The molecular weight excluding hydrogens is 238 g/mol. The van der Waals surface area contributed by atoms with Crippen molar-refractivity contribution in [3.63, 3.8) is 0 Å². The SMILES string of the molecule is CC(C)Oc1ccc(C(NN)c2ccccn2)cc1. The molecule has 0 spiro atoms. The number of nitrogens with one attached hydrogen (secondary N) is 1. The number of hydrazine groups is 1. The first kappa shape index (κ1) is 13.5. The summed E-state index contributed by atoms with van der Waals surface area (Å²) in [5.41, 5.74) is 4.74. The molecule has 0 saturated carbocycles. The number of aromatic nitrogens is 1. The molecule has 19 heavy (non-hydrogen) atoms. The van der Waals surface area contributed by atoms with E-state index in [1.165, 1.54) is 0 Å². The van der Waals surface area contributed by atoms with Crippen LogP contribution in [0.15, 0.2) is 48.7 Å². The monoisotopic (exact) mass is 257 g/mol. The van der Waals surface area contributed by atoms with Crippen LogP contribution in [0, 0.1) is 0 Å². The van der Waals surface area contributed by atoms with Crippen LogP contribution in [0.1, 0.15) is 31.1 Å². The maximum atomic E-state index is 5.63. The highest BCUT2D eigenvalue weighted by Gasteiger charge is 2.13. The number of pyridine rings is 1. The lowest BCUT2D eigenvalue weighted by Gasteiger charge is -2.16. The van der Waals surface area contributed by atoms with E-state index in [1.54, 1.807) is 6.20 Å². The first-order chi connectivity index (χ1) is 9.20. The molecule has 0 aliphatic heterocycles. The molecule has 0 aliphatic rings. The molecule has 1 atom stereocenters. The van der Waals surface area contributed by atoms with Gasteiger partial charge in [0.2, 0.25) is 0 Å². The molecule has 0 fully saturated rings. The van der Waals surface area contributed by atoms with Gasteiger partial charge < -0.3 is 4.74 Å². The van der Waals surface area contributed by atoms with Gasteiger partial charge in [-0.25, -0.2) is 5.43 Å². The minimum absolute atomic E-state index is 0.116. The molecule has 4 nitrogen and oxygen atoms in total. The number of nitrogens with two attached hydrogens (primary N) is 1. The van der Waals surface area contributed by atoms with Crippen molar-refractivity contribution >= 4 is 0 Å². The lowest BCUT2D eigenvalue weighted by Crippen LogP contribution is -2.29. The van der Waals surface area contributed by atoms with Crippen LogP contribution in [0.5, 0.6) is 5.75 Å². The Morgan fingerprint density at radius 3 is 2.37 bits per heavy atom. The van der Waals surface area contributed by atoms with Crippen molar-refractivity contribution in [3.8, 4) is 5.75 Å². The summed E-state index contributed by atoms with van der Waals surface area (Å²) in [5.74, 6) is 6.49. The van der Waals surface area contributed by atoms with Gasteiger partial charge in [-0.15, -0.1) is 0 Å². The summed E-state index contributed by atoms with van der Waals surface area (Å²) >= 11 is 0. The Labute approximate surface area is 113 Å². The molecule has 0 radical (unpaired) electrons. The zero-order valence-corrected chi connectivity index (χ0v) is 11.2. The van der Waals surface area contributed by atoms with Gasteiger partial charge in [-0.2, -0.15) is 0 Å². The molecule has 3 N–H and O–H groups in total. The minimum atomic E-state index is -0.116. The van der Waals surface area contributed by atoms with Crippen molar-refractivity contribution in [2.75, 3.05) is 0 Å². The Morgan fingerprint density at radius 2 is 1.84 bits per heavy atom. The van der Waals surface area contributed by atoms with E-state index in [9.17, 15) is 0 Å². The normalized spacial score (nSPS) is 12.4. The second-order valence-electron chi connectivity index (χ2n) is 4.59. The van der Waals surface area contributed by atoms with Gasteiger partial charge in [-0.3, -0.25) is 10.8 Å². The van der Waals surface area contributed by atoms with Crippen molar-refractivity contribution < 1.29 is 4.74 Å².